The van der Waals surface area contributed by atoms with Crippen molar-refractivity contribution in [3.63, 3.8) is 0 Å². The number of hydrogen-bond acceptors (Lipinski definition) is 7. The second-order valence-electron chi connectivity index (χ2n) is 9.33. The fraction of sp³-hybridized carbons (Fsp3) is 0.429. The zero-order chi connectivity index (χ0) is 28.2. The maximum absolute atomic E-state index is 13.4. The summed E-state index contributed by atoms with van der Waals surface area (Å²) in [5, 5.41) is 18.3. The molecule has 0 radical (unpaired) electrons. The Bertz CT molecular complexity index is 1110. The van der Waals surface area contributed by atoms with Crippen LogP contribution >= 0.6 is 11.8 Å². The van der Waals surface area contributed by atoms with Gasteiger partial charge in [0.05, 0.1) is 12.7 Å². The minimum atomic E-state index is -1.02. The van der Waals surface area contributed by atoms with Gasteiger partial charge in [-0.05, 0) is 54.5 Å². The number of methoxy groups -OCH3 is 1. The van der Waals surface area contributed by atoms with Crippen LogP contribution in [0.2, 0.25) is 0 Å². The molecular weight excluding hydrogens is 506 g/mol. The number of phenols is 1. The van der Waals surface area contributed by atoms with Gasteiger partial charge in [0.1, 0.15) is 23.9 Å². The van der Waals surface area contributed by atoms with Gasteiger partial charge in [-0.25, -0.2) is 4.79 Å². The van der Waals surface area contributed by atoms with Crippen LogP contribution in [0.1, 0.15) is 41.8 Å². The van der Waals surface area contributed by atoms with E-state index in [0.29, 0.717) is 12.2 Å². The van der Waals surface area contributed by atoms with Crippen molar-refractivity contribution in [3.05, 3.63) is 65.2 Å². The third kappa shape index (κ3) is 9.09. The first-order valence-electron chi connectivity index (χ1n) is 12.4. The summed E-state index contributed by atoms with van der Waals surface area (Å²) < 4.78 is 4.84. The number of phenolic OH excluding ortho intramolecular Hbond substituents is 1. The lowest BCUT2D eigenvalue weighted by Crippen LogP contribution is -2.57. The van der Waals surface area contributed by atoms with Crippen molar-refractivity contribution in [3.8, 4) is 5.75 Å². The molecule has 0 bridgehead atoms. The highest BCUT2D eigenvalue weighted by atomic mass is 32.2. The van der Waals surface area contributed by atoms with Gasteiger partial charge in [0.15, 0.2) is 0 Å². The quantitative estimate of drug-likeness (QED) is 0.285. The van der Waals surface area contributed by atoms with Crippen LogP contribution < -0.4 is 16.0 Å². The van der Waals surface area contributed by atoms with Crippen LogP contribution in [0.4, 0.5) is 0 Å². The SMILES string of the molecule is COC(=O)[C@H](CCSC)NC(=O)[C@H](Cc1ccccc1)NC(=O)[C@@H](NC(=O)c1ccc(C)cc1O)C(C)C. The number of ether oxygens (including phenoxy) is 1. The molecule has 2 rings (SSSR count). The lowest BCUT2D eigenvalue weighted by Gasteiger charge is -2.26. The minimum absolute atomic E-state index is 0.0438. The lowest BCUT2D eigenvalue weighted by atomic mass is 10.00. The Balaban J connectivity index is 2.25. The van der Waals surface area contributed by atoms with Crippen molar-refractivity contribution in [2.24, 2.45) is 5.92 Å². The molecule has 0 saturated heterocycles. The zero-order valence-corrected chi connectivity index (χ0v) is 23.3. The number of esters is 1. The van der Waals surface area contributed by atoms with Crippen LogP contribution in [0.15, 0.2) is 48.5 Å². The van der Waals surface area contributed by atoms with Crippen LogP contribution in [0.5, 0.6) is 5.75 Å². The van der Waals surface area contributed by atoms with Gasteiger partial charge in [-0.2, -0.15) is 11.8 Å². The molecule has 3 amide bonds. The average molecular weight is 544 g/mol. The fourth-order valence-electron chi connectivity index (χ4n) is 3.81. The summed E-state index contributed by atoms with van der Waals surface area (Å²) in [7, 11) is 1.26. The van der Waals surface area contributed by atoms with Crippen molar-refractivity contribution in [2.75, 3.05) is 19.1 Å². The summed E-state index contributed by atoms with van der Waals surface area (Å²) in [5.74, 6) is -2.16. The molecule has 2 aromatic rings. The van der Waals surface area contributed by atoms with Gasteiger partial charge in [0.25, 0.3) is 5.91 Å². The Morgan fingerprint density at radius 1 is 0.947 bits per heavy atom. The summed E-state index contributed by atoms with van der Waals surface area (Å²) in [6, 6.07) is 10.9. The van der Waals surface area contributed by atoms with E-state index in [1.54, 1.807) is 26.8 Å². The average Bonchev–Trinajstić information content (AvgIpc) is 2.88. The number of carbonyl (C=O) groups excluding carboxylic acids is 4. The smallest absolute Gasteiger partial charge is 0.328 e. The van der Waals surface area contributed by atoms with E-state index >= 15 is 0 Å². The second-order valence-corrected chi connectivity index (χ2v) is 10.3. The summed E-state index contributed by atoms with van der Waals surface area (Å²) in [6.45, 7) is 5.32. The highest BCUT2D eigenvalue weighted by Crippen LogP contribution is 2.19. The third-order valence-corrected chi connectivity index (χ3v) is 6.61. The predicted molar refractivity (Wildman–Crippen MR) is 148 cm³/mol. The molecule has 0 aromatic heterocycles. The van der Waals surface area contributed by atoms with E-state index in [1.165, 1.54) is 31.0 Å². The first-order chi connectivity index (χ1) is 18.1. The topological polar surface area (TPSA) is 134 Å². The minimum Gasteiger partial charge on any atom is -0.507 e. The van der Waals surface area contributed by atoms with Crippen molar-refractivity contribution in [1.82, 2.24) is 16.0 Å². The molecule has 10 heteroatoms. The van der Waals surface area contributed by atoms with E-state index < -0.39 is 41.8 Å². The molecule has 38 heavy (non-hydrogen) atoms. The maximum Gasteiger partial charge on any atom is 0.328 e. The van der Waals surface area contributed by atoms with Crippen molar-refractivity contribution in [2.45, 2.75) is 51.7 Å². The number of hydrogen-bond donors (Lipinski definition) is 4. The van der Waals surface area contributed by atoms with Gasteiger partial charge in [0, 0.05) is 6.42 Å². The molecule has 9 nitrogen and oxygen atoms in total. The molecular formula is C28H37N3O6S. The van der Waals surface area contributed by atoms with Gasteiger partial charge in [-0.1, -0.05) is 50.2 Å². The first-order valence-corrected chi connectivity index (χ1v) is 13.8. The largest absolute Gasteiger partial charge is 0.507 e. The van der Waals surface area contributed by atoms with Gasteiger partial charge < -0.3 is 25.8 Å². The highest BCUT2D eigenvalue weighted by molar-refractivity contribution is 7.98. The summed E-state index contributed by atoms with van der Waals surface area (Å²) in [5.41, 5.74) is 1.64. The van der Waals surface area contributed by atoms with Gasteiger partial charge in [-0.15, -0.1) is 0 Å². The standard InChI is InChI=1S/C28H37N3O6S/c1-17(2)24(31-25(33)20-12-11-18(3)15-23(20)32)27(35)30-22(16-19-9-7-6-8-10-19)26(34)29-21(13-14-38-5)28(36)37-4/h6-12,15,17,21-22,24,32H,13-14,16H2,1-5H3,(H,29,34)(H,30,35)(H,31,33)/t21-,22-,24-/m0/s1. The normalized spacial score (nSPS) is 13.2. The molecule has 0 fully saturated rings. The molecule has 4 N–H and O–H groups in total. The predicted octanol–water partition coefficient (Wildman–Crippen LogP) is 2.59. The molecule has 206 valence electrons. The Morgan fingerprint density at radius 3 is 2.18 bits per heavy atom. The van der Waals surface area contributed by atoms with Gasteiger partial charge in [-0.3, -0.25) is 14.4 Å². The Labute approximate surface area is 228 Å². The van der Waals surface area contributed by atoms with Crippen LogP contribution in [0.3, 0.4) is 0 Å². The molecule has 0 aliphatic carbocycles. The molecule has 0 unspecified atom stereocenters. The van der Waals surface area contributed by atoms with Crippen LogP contribution in [0.25, 0.3) is 0 Å². The lowest BCUT2D eigenvalue weighted by molar-refractivity contribution is -0.145. The van der Waals surface area contributed by atoms with E-state index in [1.807, 2.05) is 36.6 Å². The molecule has 0 saturated carbocycles. The van der Waals surface area contributed by atoms with Gasteiger partial charge >= 0.3 is 5.97 Å². The van der Waals surface area contributed by atoms with E-state index in [-0.39, 0.29) is 23.7 Å². The van der Waals surface area contributed by atoms with E-state index in [2.05, 4.69) is 16.0 Å². The van der Waals surface area contributed by atoms with Crippen LogP contribution in [0, 0.1) is 12.8 Å². The van der Waals surface area contributed by atoms with Crippen molar-refractivity contribution < 1.29 is 29.0 Å². The highest BCUT2D eigenvalue weighted by Gasteiger charge is 2.31. The zero-order valence-electron chi connectivity index (χ0n) is 22.4. The van der Waals surface area contributed by atoms with Gasteiger partial charge in [0.2, 0.25) is 11.8 Å². The number of amides is 3. The maximum atomic E-state index is 13.4. The van der Waals surface area contributed by atoms with E-state index in [4.69, 9.17) is 4.74 Å². The Kier molecular flexibility index (Phi) is 12.1. The third-order valence-electron chi connectivity index (χ3n) is 5.96. The molecule has 0 aliphatic rings. The summed E-state index contributed by atoms with van der Waals surface area (Å²) in [4.78, 5) is 51.8. The fourth-order valence-corrected chi connectivity index (χ4v) is 4.28. The van der Waals surface area contributed by atoms with Crippen molar-refractivity contribution in [1.29, 1.82) is 0 Å². The van der Waals surface area contributed by atoms with Crippen LogP contribution in [-0.2, 0) is 25.5 Å². The van der Waals surface area contributed by atoms with E-state index in [9.17, 15) is 24.3 Å². The number of benzene rings is 2. The van der Waals surface area contributed by atoms with Crippen LogP contribution in [-0.4, -0.2) is 66.0 Å². The second kappa shape index (κ2) is 15.0. The number of aryl methyl sites for hydroxylation is 1. The summed E-state index contributed by atoms with van der Waals surface area (Å²) >= 11 is 1.53. The molecule has 2 aromatic carbocycles. The molecule has 3 atom stereocenters. The molecule has 0 heterocycles. The number of aromatic hydroxyl groups is 1. The molecule has 0 aliphatic heterocycles. The number of nitrogens with one attached hydrogen (secondary N) is 3. The number of thioether (sulfide) groups is 1. The van der Waals surface area contributed by atoms with E-state index in [0.717, 1.165) is 11.1 Å². The summed E-state index contributed by atoms with van der Waals surface area (Å²) in [6.07, 6.45) is 2.44. The number of carbonyl (C=O) groups is 4. The van der Waals surface area contributed by atoms with Crippen molar-refractivity contribution >= 4 is 35.5 Å². The Hall–Kier alpha value is -3.53. The Morgan fingerprint density at radius 2 is 1.61 bits per heavy atom. The first kappa shape index (κ1) is 30.7. The number of rotatable bonds is 13. The molecule has 0 spiro atoms. The monoisotopic (exact) mass is 543 g/mol.